The lowest BCUT2D eigenvalue weighted by Crippen LogP contribution is -2.31. The Bertz CT molecular complexity index is 1130. The fourth-order valence-corrected chi connectivity index (χ4v) is 4.34. The van der Waals surface area contributed by atoms with E-state index >= 15 is 0 Å². The summed E-state index contributed by atoms with van der Waals surface area (Å²) in [5.41, 5.74) is 3.47. The zero-order valence-electron chi connectivity index (χ0n) is 16.9. The normalized spacial score (nSPS) is 15.4. The highest BCUT2D eigenvalue weighted by Gasteiger charge is 2.31. The van der Waals surface area contributed by atoms with Crippen LogP contribution in [0.3, 0.4) is 0 Å². The Kier molecular flexibility index (Phi) is 5.90. The largest absolute Gasteiger partial charge is 0.494 e. The van der Waals surface area contributed by atoms with E-state index in [1.54, 1.807) is 0 Å². The lowest BCUT2D eigenvalue weighted by Gasteiger charge is -2.24. The Morgan fingerprint density at radius 3 is 2.73 bits per heavy atom. The van der Waals surface area contributed by atoms with Gasteiger partial charge in [-0.3, -0.25) is 9.59 Å². The highest BCUT2D eigenvalue weighted by atomic mass is 32.2. The molecule has 0 fully saturated rings. The van der Waals surface area contributed by atoms with Crippen molar-refractivity contribution in [1.29, 1.82) is 0 Å². The number of benzene rings is 2. The number of carbonyl (C=O) groups excluding carboxylic acids is 1. The molecule has 0 saturated carbocycles. The Labute approximate surface area is 179 Å². The first-order chi connectivity index (χ1) is 14.5. The SMILES string of the molecule is CCOc1cccc(C2CC(=O)Nc3nc(SCc4ccc(C)cc4)[nH]c(=O)c32)c1. The van der Waals surface area contributed by atoms with Gasteiger partial charge in [0.15, 0.2) is 5.16 Å². The summed E-state index contributed by atoms with van der Waals surface area (Å²) in [6.45, 7) is 4.51. The van der Waals surface area contributed by atoms with Crippen LogP contribution in [0, 0.1) is 6.92 Å². The number of fused-ring (bicyclic) bond motifs is 1. The van der Waals surface area contributed by atoms with E-state index in [0.717, 1.165) is 16.9 Å². The van der Waals surface area contributed by atoms with Crippen molar-refractivity contribution in [2.75, 3.05) is 11.9 Å². The summed E-state index contributed by atoms with van der Waals surface area (Å²) in [6.07, 6.45) is 0.198. The van der Waals surface area contributed by atoms with Gasteiger partial charge in [0.05, 0.1) is 12.2 Å². The number of carbonyl (C=O) groups is 1. The molecule has 1 aliphatic rings. The lowest BCUT2D eigenvalue weighted by molar-refractivity contribution is -0.116. The first kappa shape index (κ1) is 20.2. The second kappa shape index (κ2) is 8.75. The molecule has 30 heavy (non-hydrogen) atoms. The number of anilines is 1. The van der Waals surface area contributed by atoms with Crippen molar-refractivity contribution in [3.8, 4) is 5.75 Å². The number of H-pyrrole nitrogens is 1. The van der Waals surface area contributed by atoms with Crippen molar-refractivity contribution in [3.05, 3.63) is 81.1 Å². The summed E-state index contributed by atoms with van der Waals surface area (Å²) in [5, 5.41) is 3.26. The molecule has 1 unspecified atom stereocenters. The number of amides is 1. The number of aryl methyl sites for hydroxylation is 1. The van der Waals surface area contributed by atoms with E-state index < -0.39 is 0 Å². The van der Waals surface area contributed by atoms with Crippen LogP contribution in [0.5, 0.6) is 5.75 Å². The Morgan fingerprint density at radius 2 is 1.97 bits per heavy atom. The third-order valence-electron chi connectivity index (χ3n) is 5.00. The summed E-state index contributed by atoms with van der Waals surface area (Å²) in [7, 11) is 0. The number of hydrogen-bond donors (Lipinski definition) is 2. The van der Waals surface area contributed by atoms with E-state index in [2.05, 4.69) is 39.6 Å². The highest BCUT2D eigenvalue weighted by Crippen LogP contribution is 2.35. The summed E-state index contributed by atoms with van der Waals surface area (Å²) in [5.74, 6) is 1.23. The maximum Gasteiger partial charge on any atom is 0.257 e. The molecule has 154 valence electrons. The second-order valence-electron chi connectivity index (χ2n) is 7.22. The fourth-order valence-electron chi connectivity index (χ4n) is 3.53. The number of thioether (sulfide) groups is 1. The number of rotatable bonds is 6. The minimum absolute atomic E-state index is 0.151. The molecule has 4 rings (SSSR count). The number of nitrogens with one attached hydrogen (secondary N) is 2. The van der Waals surface area contributed by atoms with Gasteiger partial charge in [-0.25, -0.2) is 4.98 Å². The van der Waals surface area contributed by atoms with E-state index in [-0.39, 0.29) is 23.8 Å². The maximum atomic E-state index is 13.0. The van der Waals surface area contributed by atoms with Crippen molar-refractivity contribution >= 4 is 23.5 Å². The van der Waals surface area contributed by atoms with E-state index in [9.17, 15) is 9.59 Å². The fraction of sp³-hybridized carbons (Fsp3) is 0.261. The zero-order valence-corrected chi connectivity index (χ0v) is 17.7. The Morgan fingerprint density at radius 1 is 1.17 bits per heavy atom. The molecule has 0 bridgehead atoms. The Balaban J connectivity index is 1.63. The molecule has 1 aliphatic heterocycles. The molecule has 2 N–H and O–H groups in total. The standard InChI is InChI=1S/C23H23N3O3S/c1-3-29-17-6-4-5-16(11-17)18-12-19(27)24-21-20(18)22(28)26-23(25-21)30-13-15-9-7-14(2)8-10-15/h4-11,18H,3,12-13H2,1-2H3,(H2,24,25,26,27,28). The predicted molar refractivity (Wildman–Crippen MR) is 118 cm³/mol. The van der Waals surface area contributed by atoms with Gasteiger partial charge in [0.2, 0.25) is 5.91 Å². The van der Waals surface area contributed by atoms with Crippen molar-refractivity contribution in [1.82, 2.24) is 9.97 Å². The monoisotopic (exact) mass is 421 g/mol. The van der Waals surface area contributed by atoms with Gasteiger partial charge in [-0.1, -0.05) is 53.7 Å². The van der Waals surface area contributed by atoms with Crippen LogP contribution < -0.4 is 15.6 Å². The van der Waals surface area contributed by atoms with Gasteiger partial charge in [0.1, 0.15) is 11.6 Å². The molecule has 0 saturated heterocycles. The van der Waals surface area contributed by atoms with Gasteiger partial charge in [0, 0.05) is 18.1 Å². The van der Waals surface area contributed by atoms with Crippen LogP contribution in [0.1, 0.15) is 41.5 Å². The number of aromatic nitrogens is 2. The van der Waals surface area contributed by atoms with Crippen LogP contribution in [0.2, 0.25) is 0 Å². The van der Waals surface area contributed by atoms with E-state index in [0.29, 0.717) is 28.9 Å². The third kappa shape index (κ3) is 4.41. The molecule has 0 aliphatic carbocycles. The maximum absolute atomic E-state index is 13.0. The van der Waals surface area contributed by atoms with Crippen LogP contribution in [0.15, 0.2) is 58.5 Å². The smallest absolute Gasteiger partial charge is 0.257 e. The molecule has 1 atom stereocenters. The summed E-state index contributed by atoms with van der Waals surface area (Å²) < 4.78 is 5.58. The van der Waals surface area contributed by atoms with Crippen LogP contribution in [-0.2, 0) is 10.5 Å². The van der Waals surface area contributed by atoms with E-state index in [4.69, 9.17) is 4.74 Å². The van der Waals surface area contributed by atoms with Gasteiger partial charge >= 0.3 is 0 Å². The quantitative estimate of drug-likeness (QED) is 0.459. The molecule has 3 aromatic rings. The molecular formula is C23H23N3O3S. The van der Waals surface area contributed by atoms with Gasteiger partial charge in [-0.2, -0.15) is 0 Å². The average molecular weight is 422 g/mol. The van der Waals surface area contributed by atoms with Crippen molar-refractivity contribution < 1.29 is 9.53 Å². The molecule has 1 aromatic heterocycles. The van der Waals surface area contributed by atoms with E-state index in [1.165, 1.54) is 17.3 Å². The minimum atomic E-state index is -0.360. The van der Waals surface area contributed by atoms with Crippen LogP contribution >= 0.6 is 11.8 Å². The summed E-state index contributed by atoms with van der Waals surface area (Å²) in [4.78, 5) is 32.7. The number of nitrogens with zero attached hydrogens (tertiary/aromatic N) is 1. The zero-order chi connectivity index (χ0) is 21.1. The first-order valence-electron chi connectivity index (χ1n) is 9.88. The molecule has 6 nitrogen and oxygen atoms in total. The van der Waals surface area contributed by atoms with Crippen LogP contribution in [0.4, 0.5) is 5.82 Å². The molecule has 0 spiro atoms. The lowest BCUT2D eigenvalue weighted by atomic mass is 9.87. The first-order valence-corrected chi connectivity index (χ1v) is 10.9. The molecule has 0 radical (unpaired) electrons. The van der Waals surface area contributed by atoms with E-state index in [1.807, 2.05) is 38.1 Å². The summed E-state index contributed by atoms with van der Waals surface area (Å²) in [6, 6.07) is 15.8. The van der Waals surface area contributed by atoms with Gasteiger partial charge in [-0.15, -0.1) is 0 Å². The molecule has 7 heteroatoms. The van der Waals surface area contributed by atoms with Gasteiger partial charge < -0.3 is 15.0 Å². The number of hydrogen-bond acceptors (Lipinski definition) is 5. The van der Waals surface area contributed by atoms with Crippen LogP contribution in [-0.4, -0.2) is 22.5 Å². The topological polar surface area (TPSA) is 84.1 Å². The third-order valence-corrected chi connectivity index (χ3v) is 5.94. The number of aromatic amines is 1. The average Bonchev–Trinajstić information content (AvgIpc) is 2.73. The number of ether oxygens (including phenoxy) is 1. The van der Waals surface area contributed by atoms with Crippen molar-refractivity contribution in [2.24, 2.45) is 0 Å². The van der Waals surface area contributed by atoms with Crippen molar-refractivity contribution in [3.63, 3.8) is 0 Å². The molecule has 2 heterocycles. The summed E-state index contributed by atoms with van der Waals surface area (Å²) >= 11 is 1.44. The molecule has 2 aromatic carbocycles. The van der Waals surface area contributed by atoms with Gasteiger partial charge in [0.25, 0.3) is 5.56 Å². The highest BCUT2D eigenvalue weighted by molar-refractivity contribution is 7.98. The second-order valence-corrected chi connectivity index (χ2v) is 8.18. The molecule has 1 amide bonds. The van der Waals surface area contributed by atoms with Gasteiger partial charge in [-0.05, 0) is 37.1 Å². The molecular weight excluding hydrogens is 398 g/mol. The Hall–Kier alpha value is -3.06. The van der Waals surface area contributed by atoms with Crippen molar-refractivity contribution in [2.45, 2.75) is 37.1 Å². The minimum Gasteiger partial charge on any atom is -0.494 e. The van der Waals surface area contributed by atoms with Crippen LogP contribution in [0.25, 0.3) is 0 Å². The predicted octanol–water partition coefficient (Wildman–Crippen LogP) is 4.24.